The van der Waals surface area contributed by atoms with Crippen molar-refractivity contribution < 1.29 is 9.90 Å². The first-order valence-corrected chi connectivity index (χ1v) is 9.34. The average molecular weight is 396 g/mol. The van der Waals surface area contributed by atoms with Crippen LogP contribution in [0, 0.1) is 0 Å². The Morgan fingerprint density at radius 3 is 2.96 bits per heavy atom. The second-order valence-electron chi connectivity index (χ2n) is 4.52. The largest absolute Gasteiger partial charge is 0.478 e. The smallest absolute Gasteiger partial charge is 0.335 e. The van der Waals surface area contributed by atoms with Crippen molar-refractivity contribution in [1.82, 2.24) is 25.2 Å². The number of hydrogen-bond donors (Lipinski definition) is 1. The Bertz CT molecular complexity index is 1060. The van der Waals surface area contributed by atoms with Gasteiger partial charge in [0.2, 0.25) is 5.16 Å². The van der Waals surface area contributed by atoms with Crippen LogP contribution < -0.4 is 0 Å². The predicted molar refractivity (Wildman–Crippen MR) is 92.7 cm³/mol. The van der Waals surface area contributed by atoms with Gasteiger partial charge in [0.25, 0.3) is 0 Å². The number of rotatable bonds is 4. The van der Waals surface area contributed by atoms with Gasteiger partial charge in [-0.2, -0.15) is 4.68 Å². The van der Waals surface area contributed by atoms with Gasteiger partial charge in [-0.05, 0) is 51.8 Å². The van der Waals surface area contributed by atoms with Crippen molar-refractivity contribution in [3.8, 4) is 5.00 Å². The molecule has 24 heavy (non-hydrogen) atoms. The highest BCUT2D eigenvalue weighted by atomic mass is 35.5. The standard InChI is InChI=1S/C13H6ClN5O2S3/c14-7-3-4-22-10(7)19-12(16-17-18-19)24-13-15-8-2-1-6(11(20)21)5-9(8)23-13/h1-5H,(H,20,21). The molecule has 0 atom stereocenters. The molecule has 3 aromatic heterocycles. The summed E-state index contributed by atoms with van der Waals surface area (Å²) >= 11 is 10.3. The summed E-state index contributed by atoms with van der Waals surface area (Å²) in [5.41, 5.74) is 0.971. The lowest BCUT2D eigenvalue weighted by Gasteiger charge is -1.99. The van der Waals surface area contributed by atoms with Gasteiger partial charge < -0.3 is 5.11 Å². The summed E-state index contributed by atoms with van der Waals surface area (Å²) in [5, 5.41) is 24.4. The van der Waals surface area contributed by atoms with E-state index in [0.717, 1.165) is 19.6 Å². The normalized spacial score (nSPS) is 11.2. The van der Waals surface area contributed by atoms with Crippen LogP contribution in [0.4, 0.5) is 0 Å². The minimum absolute atomic E-state index is 0.234. The van der Waals surface area contributed by atoms with E-state index in [1.807, 2.05) is 5.38 Å². The molecule has 4 rings (SSSR count). The molecule has 0 saturated heterocycles. The average Bonchev–Trinajstić information content (AvgIpc) is 3.25. The van der Waals surface area contributed by atoms with Crippen LogP contribution >= 0.6 is 46.0 Å². The van der Waals surface area contributed by atoms with Gasteiger partial charge in [-0.1, -0.05) is 11.6 Å². The second-order valence-corrected chi connectivity index (χ2v) is 8.06. The maximum atomic E-state index is 11.1. The topological polar surface area (TPSA) is 93.8 Å². The zero-order valence-corrected chi connectivity index (χ0v) is 14.8. The molecule has 0 amide bonds. The van der Waals surface area contributed by atoms with Crippen LogP contribution in [0.2, 0.25) is 5.02 Å². The van der Waals surface area contributed by atoms with Crippen LogP contribution in [-0.2, 0) is 0 Å². The van der Waals surface area contributed by atoms with Crippen molar-refractivity contribution in [3.63, 3.8) is 0 Å². The minimum Gasteiger partial charge on any atom is -0.478 e. The number of carboxylic acids is 1. The molecule has 0 bridgehead atoms. The van der Waals surface area contributed by atoms with Crippen molar-refractivity contribution in [2.75, 3.05) is 0 Å². The lowest BCUT2D eigenvalue weighted by atomic mass is 10.2. The Morgan fingerprint density at radius 1 is 1.33 bits per heavy atom. The number of hydrogen-bond acceptors (Lipinski definition) is 8. The van der Waals surface area contributed by atoms with Gasteiger partial charge in [0.15, 0.2) is 4.34 Å². The summed E-state index contributed by atoms with van der Waals surface area (Å²) in [6, 6.07) is 6.62. The highest BCUT2D eigenvalue weighted by molar-refractivity contribution is 8.01. The predicted octanol–water partition coefficient (Wildman–Crippen LogP) is 3.84. The molecule has 0 spiro atoms. The number of benzene rings is 1. The number of aromatic nitrogens is 5. The Hall–Kier alpha value is -2.01. The molecular formula is C13H6ClN5O2S3. The number of aromatic carboxylic acids is 1. The molecule has 0 radical (unpaired) electrons. The summed E-state index contributed by atoms with van der Waals surface area (Å²) in [5.74, 6) is -0.962. The van der Waals surface area contributed by atoms with E-state index < -0.39 is 5.97 Å². The zero-order chi connectivity index (χ0) is 16.7. The van der Waals surface area contributed by atoms with E-state index in [4.69, 9.17) is 16.7 Å². The first-order valence-electron chi connectivity index (χ1n) is 6.45. The first kappa shape index (κ1) is 15.5. The van der Waals surface area contributed by atoms with Crippen LogP contribution in [0.3, 0.4) is 0 Å². The van der Waals surface area contributed by atoms with Gasteiger partial charge >= 0.3 is 5.97 Å². The number of carboxylic acid groups (broad SMARTS) is 1. The minimum atomic E-state index is -0.962. The molecule has 0 aliphatic heterocycles. The van der Waals surface area contributed by atoms with Crippen molar-refractivity contribution in [2.24, 2.45) is 0 Å². The fourth-order valence-corrected chi connectivity index (χ4v) is 5.10. The Morgan fingerprint density at radius 2 is 2.21 bits per heavy atom. The van der Waals surface area contributed by atoms with Crippen LogP contribution in [0.15, 0.2) is 39.1 Å². The Kier molecular flexibility index (Phi) is 3.96. The SMILES string of the molecule is O=C(O)c1ccc2nc(Sc3nnnn3-c3sccc3Cl)sc2c1. The van der Waals surface area contributed by atoms with Crippen molar-refractivity contribution in [2.45, 2.75) is 9.50 Å². The van der Waals surface area contributed by atoms with E-state index in [9.17, 15) is 4.79 Å². The fourth-order valence-electron chi connectivity index (χ4n) is 1.97. The van der Waals surface area contributed by atoms with Gasteiger partial charge in [0, 0.05) is 0 Å². The van der Waals surface area contributed by atoms with Crippen molar-refractivity contribution >= 4 is 62.2 Å². The summed E-state index contributed by atoms with van der Waals surface area (Å²) in [7, 11) is 0. The maximum absolute atomic E-state index is 11.1. The van der Waals surface area contributed by atoms with Crippen molar-refractivity contribution in [1.29, 1.82) is 0 Å². The van der Waals surface area contributed by atoms with Gasteiger partial charge in [-0.15, -0.1) is 27.8 Å². The van der Waals surface area contributed by atoms with Crippen LogP contribution in [0.25, 0.3) is 15.2 Å². The van der Waals surface area contributed by atoms with Gasteiger partial charge in [0.05, 0.1) is 20.8 Å². The number of thiophene rings is 1. The fraction of sp³-hybridized carbons (Fsp3) is 0. The van der Waals surface area contributed by atoms with E-state index >= 15 is 0 Å². The monoisotopic (exact) mass is 395 g/mol. The molecule has 120 valence electrons. The molecule has 0 aliphatic carbocycles. The van der Waals surface area contributed by atoms with Gasteiger partial charge in [0.1, 0.15) is 5.00 Å². The lowest BCUT2D eigenvalue weighted by molar-refractivity contribution is 0.0697. The molecule has 1 N–H and O–H groups in total. The number of tetrazole rings is 1. The number of fused-ring (bicyclic) bond motifs is 1. The number of carbonyl (C=O) groups is 1. The second kappa shape index (κ2) is 6.13. The summed E-state index contributed by atoms with van der Waals surface area (Å²) in [6.07, 6.45) is 0. The van der Waals surface area contributed by atoms with Crippen LogP contribution in [-0.4, -0.2) is 36.3 Å². The van der Waals surface area contributed by atoms with Crippen LogP contribution in [0.5, 0.6) is 0 Å². The maximum Gasteiger partial charge on any atom is 0.335 e. The molecule has 0 aliphatic rings. The van der Waals surface area contributed by atoms with E-state index in [-0.39, 0.29) is 5.56 Å². The van der Waals surface area contributed by atoms with E-state index in [1.54, 1.807) is 22.9 Å². The third kappa shape index (κ3) is 2.77. The lowest BCUT2D eigenvalue weighted by Crippen LogP contribution is -1.96. The Balaban J connectivity index is 1.69. The molecular weight excluding hydrogens is 390 g/mol. The summed E-state index contributed by atoms with van der Waals surface area (Å²) in [6.45, 7) is 0. The van der Waals surface area contributed by atoms with E-state index in [0.29, 0.717) is 10.2 Å². The third-order valence-electron chi connectivity index (χ3n) is 3.03. The molecule has 0 saturated carbocycles. The molecule has 0 unspecified atom stereocenters. The summed E-state index contributed by atoms with van der Waals surface area (Å²) in [4.78, 5) is 15.5. The highest BCUT2D eigenvalue weighted by Gasteiger charge is 2.16. The first-order chi connectivity index (χ1) is 11.6. The molecule has 7 nitrogen and oxygen atoms in total. The number of halogens is 1. The van der Waals surface area contributed by atoms with Gasteiger partial charge in [-0.25, -0.2) is 9.78 Å². The molecule has 3 heterocycles. The summed E-state index contributed by atoms with van der Waals surface area (Å²) < 4.78 is 3.08. The zero-order valence-electron chi connectivity index (χ0n) is 11.6. The molecule has 0 fully saturated rings. The third-order valence-corrected chi connectivity index (χ3v) is 6.35. The number of thiazole rings is 1. The van der Waals surface area contributed by atoms with E-state index in [2.05, 4.69) is 20.5 Å². The quantitative estimate of drug-likeness (QED) is 0.561. The van der Waals surface area contributed by atoms with Crippen molar-refractivity contribution in [3.05, 3.63) is 40.2 Å². The molecule has 1 aromatic carbocycles. The number of nitrogens with zero attached hydrogens (tertiary/aromatic N) is 5. The Labute approximate surface area is 151 Å². The van der Waals surface area contributed by atoms with Gasteiger partial charge in [-0.3, -0.25) is 0 Å². The highest BCUT2D eigenvalue weighted by Crippen LogP contribution is 2.36. The molecule has 11 heteroatoms. The molecule has 4 aromatic rings. The van der Waals surface area contributed by atoms with E-state index in [1.165, 1.54) is 40.5 Å². The van der Waals surface area contributed by atoms with Crippen LogP contribution in [0.1, 0.15) is 10.4 Å².